The minimum atomic E-state index is -0.544. The quantitative estimate of drug-likeness (QED) is 0.136. The maximum absolute atomic E-state index is 12.7. The van der Waals surface area contributed by atoms with E-state index in [0.29, 0.717) is 0 Å². The van der Waals surface area contributed by atoms with E-state index in [2.05, 4.69) is 34.6 Å². The Morgan fingerprint density at radius 3 is 1.12 bits per heavy atom. The van der Waals surface area contributed by atoms with Crippen molar-refractivity contribution in [2.24, 2.45) is 10.8 Å². The van der Waals surface area contributed by atoms with Gasteiger partial charge in [-0.3, -0.25) is 4.79 Å². The minimum absolute atomic E-state index is 0.0468. The van der Waals surface area contributed by atoms with Gasteiger partial charge < -0.3 is 5.11 Å². The third-order valence-corrected chi connectivity index (χ3v) is 8.85. The predicted molar refractivity (Wildman–Crippen MR) is 147 cm³/mol. The number of rotatable bonds is 25. The van der Waals surface area contributed by atoms with Gasteiger partial charge in [0.2, 0.25) is 0 Å². The Hall–Kier alpha value is -0.530. The monoisotopic (exact) mass is 466 g/mol. The van der Waals surface area contributed by atoms with Gasteiger partial charge in [-0.15, -0.1) is 0 Å². The highest BCUT2D eigenvalue weighted by Gasteiger charge is 2.52. The second kappa shape index (κ2) is 20.8. The lowest BCUT2D eigenvalue weighted by molar-refractivity contribution is -0.162. The van der Waals surface area contributed by atoms with Crippen LogP contribution < -0.4 is 0 Å². The zero-order valence-electron chi connectivity index (χ0n) is 23.6. The molecule has 0 amide bonds. The van der Waals surface area contributed by atoms with Crippen LogP contribution in [0.1, 0.15) is 182 Å². The predicted octanol–water partition coefficient (Wildman–Crippen LogP) is 11.1. The summed E-state index contributed by atoms with van der Waals surface area (Å²) >= 11 is 0. The molecule has 0 aliphatic rings. The van der Waals surface area contributed by atoms with Gasteiger partial charge in [-0.05, 0) is 37.5 Å². The van der Waals surface area contributed by atoms with Crippen LogP contribution in [-0.2, 0) is 4.79 Å². The molecule has 0 saturated carbocycles. The molecule has 0 aromatic carbocycles. The first-order chi connectivity index (χ1) is 16.0. The molecule has 198 valence electrons. The summed E-state index contributed by atoms with van der Waals surface area (Å²) in [5.74, 6) is -0.524. The molecule has 0 radical (unpaired) electrons. The van der Waals surface area contributed by atoms with E-state index >= 15 is 0 Å². The Labute approximate surface area is 209 Å². The van der Waals surface area contributed by atoms with Gasteiger partial charge in [0.15, 0.2) is 0 Å². The molecule has 1 N–H and O–H groups in total. The molecule has 0 saturated heterocycles. The van der Waals surface area contributed by atoms with Gasteiger partial charge in [-0.25, -0.2) is 0 Å². The minimum Gasteiger partial charge on any atom is -0.481 e. The van der Waals surface area contributed by atoms with E-state index in [1.165, 1.54) is 109 Å². The van der Waals surface area contributed by atoms with Gasteiger partial charge in [0.25, 0.3) is 0 Å². The van der Waals surface area contributed by atoms with E-state index in [1.54, 1.807) is 0 Å². The fraction of sp³-hybridized carbons (Fsp3) is 0.968. The fourth-order valence-electron chi connectivity index (χ4n) is 6.33. The average molecular weight is 467 g/mol. The molecule has 1 atom stereocenters. The van der Waals surface area contributed by atoms with Crippen LogP contribution in [0.4, 0.5) is 0 Å². The van der Waals surface area contributed by atoms with Crippen molar-refractivity contribution in [3.8, 4) is 0 Å². The van der Waals surface area contributed by atoms with Crippen LogP contribution in [0.2, 0.25) is 0 Å². The smallest absolute Gasteiger partial charge is 0.310 e. The van der Waals surface area contributed by atoms with Crippen LogP contribution in [0.5, 0.6) is 0 Å². The molecule has 0 spiro atoms. The number of hydrogen-bond acceptors (Lipinski definition) is 1. The van der Waals surface area contributed by atoms with Crippen molar-refractivity contribution < 1.29 is 9.90 Å². The normalized spacial score (nSPS) is 13.8. The first-order valence-corrected chi connectivity index (χ1v) is 15.2. The Kier molecular flexibility index (Phi) is 20.5. The molecule has 0 fully saturated rings. The fourth-order valence-corrected chi connectivity index (χ4v) is 6.33. The summed E-state index contributed by atoms with van der Waals surface area (Å²) in [5, 5.41) is 10.5. The standard InChI is InChI=1S/C31H62O2/c1-6-11-13-15-17-19-21-23-25-27-30(8-3,9-4)31(10-5,29(32)33)28-26-24-22-20-18-16-14-12-7-2/h6-28H2,1-5H3,(H,32,33). The molecular weight excluding hydrogens is 404 g/mol. The molecule has 1 unspecified atom stereocenters. The highest BCUT2D eigenvalue weighted by molar-refractivity contribution is 5.75. The lowest BCUT2D eigenvalue weighted by Gasteiger charge is -2.48. The Bertz CT molecular complexity index is 440. The first kappa shape index (κ1) is 32.5. The van der Waals surface area contributed by atoms with Crippen molar-refractivity contribution in [2.45, 2.75) is 182 Å². The summed E-state index contributed by atoms with van der Waals surface area (Å²) in [4.78, 5) is 12.7. The molecule has 0 bridgehead atoms. The first-order valence-electron chi connectivity index (χ1n) is 15.2. The summed E-state index contributed by atoms with van der Waals surface area (Å²) in [6, 6.07) is 0. The molecule has 0 aliphatic carbocycles. The van der Waals surface area contributed by atoms with Gasteiger partial charge in [-0.2, -0.15) is 0 Å². The van der Waals surface area contributed by atoms with Crippen LogP contribution in [0, 0.1) is 10.8 Å². The highest BCUT2D eigenvalue weighted by atomic mass is 16.4. The molecule has 0 aromatic heterocycles. The van der Waals surface area contributed by atoms with Gasteiger partial charge in [0.1, 0.15) is 0 Å². The van der Waals surface area contributed by atoms with Gasteiger partial charge in [0, 0.05) is 0 Å². The van der Waals surface area contributed by atoms with E-state index < -0.39 is 11.4 Å². The second-order valence-corrected chi connectivity index (χ2v) is 10.9. The van der Waals surface area contributed by atoms with Crippen LogP contribution >= 0.6 is 0 Å². The second-order valence-electron chi connectivity index (χ2n) is 10.9. The maximum atomic E-state index is 12.7. The van der Waals surface area contributed by atoms with E-state index in [4.69, 9.17) is 0 Å². The van der Waals surface area contributed by atoms with Crippen molar-refractivity contribution in [1.29, 1.82) is 0 Å². The zero-order chi connectivity index (χ0) is 24.8. The lowest BCUT2D eigenvalue weighted by Crippen LogP contribution is -2.47. The molecule has 0 aliphatic heterocycles. The summed E-state index contributed by atoms with van der Waals surface area (Å²) < 4.78 is 0. The summed E-state index contributed by atoms with van der Waals surface area (Å²) in [6.07, 6.45) is 28.4. The Morgan fingerprint density at radius 1 is 0.485 bits per heavy atom. The van der Waals surface area contributed by atoms with Gasteiger partial charge in [-0.1, -0.05) is 150 Å². The highest BCUT2D eigenvalue weighted by Crippen LogP contribution is 2.54. The number of carboxylic acid groups (broad SMARTS) is 1. The molecular formula is C31H62O2. The molecule has 2 nitrogen and oxygen atoms in total. The zero-order valence-corrected chi connectivity index (χ0v) is 23.6. The van der Waals surface area contributed by atoms with Crippen LogP contribution in [0.25, 0.3) is 0 Å². The SMILES string of the molecule is CCCCCCCCCCCC(CC)(CC)C(CC)(CCCCCCCCCCC)C(=O)O. The number of carbonyl (C=O) groups is 1. The van der Waals surface area contributed by atoms with Gasteiger partial charge >= 0.3 is 5.97 Å². The van der Waals surface area contributed by atoms with Crippen LogP contribution in [0.3, 0.4) is 0 Å². The topological polar surface area (TPSA) is 37.3 Å². The molecule has 0 heterocycles. The average Bonchev–Trinajstić information content (AvgIpc) is 2.82. The third-order valence-electron chi connectivity index (χ3n) is 8.85. The Morgan fingerprint density at radius 2 is 0.818 bits per heavy atom. The summed E-state index contributed by atoms with van der Waals surface area (Å²) in [5.41, 5.74) is -0.591. The van der Waals surface area contributed by atoms with Crippen molar-refractivity contribution in [3.05, 3.63) is 0 Å². The van der Waals surface area contributed by atoms with Crippen LogP contribution in [-0.4, -0.2) is 11.1 Å². The van der Waals surface area contributed by atoms with Crippen molar-refractivity contribution in [3.63, 3.8) is 0 Å². The van der Waals surface area contributed by atoms with E-state index in [1.807, 2.05) is 0 Å². The number of hydrogen-bond donors (Lipinski definition) is 1. The van der Waals surface area contributed by atoms with Crippen molar-refractivity contribution in [1.82, 2.24) is 0 Å². The third kappa shape index (κ3) is 12.1. The summed E-state index contributed by atoms with van der Waals surface area (Å²) in [7, 11) is 0. The largest absolute Gasteiger partial charge is 0.481 e. The number of carboxylic acids is 1. The van der Waals surface area contributed by atoms with E-state index in [0.717, 1.165) is 38.5 Å². The van der Waals surface area contributed by atoms with E-state index in [9.17, 15) is 9.90 Å². The van der Waals surface area contributed by atoms with Crippen LogP contribution in [0.15, 0.2) is 0 Å². The van der Waals surface area contributed by atoms with E-state index in [-0.39, 0.29) is 5.41 Å². The summed E-state index contributed by atoms with van der Waals surface area (Å²) in [6.45, 7) is 11.2. The van der Waals surface area contributed by atoms with Gasteiger partial charge in [0.05, 0.1) is 5.41 Å². The lowest BCUT2D eigenvalue weighted by atomic mass is 9.55. The molecule has 0 rings (SSSR count). The molecule has 0 aromatic rings. The molecule has 33 heavy (non-hydrogen) atoms. The Balaban J connectivity index is 4.64. The van der Waals surface area contributed by atoms with Crippen molar-refractivity contribution in [2.75, 3.05) is 0 Å². The number of aliphatic carboxylic acids is 1. The number of unbranched alkanes of at least 4 members (excludes halogenated alkanes) is 16. The van der Waals surface area contributed by atoms with Crippen molar-refractivity contribution >= 4 is 5.97 Å². The molecule has 2 heteroatoms. The maximum Gasteiger partial charge on any atom is 0.310 e.